The molecule has 0 aromatic heterocycles. The minimum atomic E-state index is -3.59. The van der Waals surface area contributed by atoms with Crippen molar-refractivity contribution in [2.24, 2.45) is 23.2 Å². The standard InChI is InChI=1S/C35H55Cl2N5O7S/c1-8-18-38-29(45)26(43)23(15-14-21-12-13-21)39-28(44)25-24-22(35(24,36)37)19-42(25)30(46)27(32(2,3)4)40-31(47)41-34(16-10-9-11-17-34)20-50(48,49)33(5,6)7/h8,21-25,27H,1,9-20H2,2-7H3,(H,38,45)(H,39,44)(H2,40,41,47)/t22-,23?,24-,25-,27+/m0/s1. The van der Waals surface area contributed by atoms with Gasteiger partial charge >= 0.3 is 6.03 Å². The van der Waals surface area contributed by atoms with Gasteiger partial charge in [0.25, 0.3) is 5.91 Å². The van der Waals surface area contributed by atoms with Gasteiger partial charge in [0.1, 0.15) is 16.4 Å². The number of carbonyl (C=O) groups is 5. The fourth-order valence-electron chi connectivity index (χ4n) is 7.22. The molecule has 5 amide bonds. The van der Waals surface area contributed by atoms with Crippen molar-refractivity contribution in [1.29, 1.82) is 0 Å². The number of likely N-dealkylation sites (tertiary alicyclic amines) is 1. The second-order valence-electron chi connectivity index (χ2n) is 16.8. The third kappa shape index (κ3) is 9.15. The highest BCUT2D eigenvalue weighted by Crippen LogP contribution is 2.65. The summed E-state index contributed by atoms with van der Waals surface area (Å²) in [6, 6.07) is -4.05. The molecule has 4 N–H and O–H groups in total. The van der Waals surface area contributed by atoms with Crippen LogP contribution in [-0.2, 0) is 29.0 Å². The van der Waals surface area contributed by atoms with Crippen molar-refractivity contribution in [3.8, 4) is 0 Å². The number of piperidine rings is 1. The average molecular weight is 761 g/mol. The quantitative estimate of drug-likeness (QED) is 0.119. The maximum Gasteiger partial charge on any atom is 0.315 e. The number of carbonyl (C=O) groups excluding carboxylic acids is 5. The minimum Gasteiger partial charge on any atom is -0.346 e. The number of Topliss-reactive ketones (excluding diaryl/α,β-unsaturated/α-hetero) is 1. The Bertz CT molecular complexity index is 1460. The molecule has 0 aromatic carbocycles. The van der Waals surface area contributed by atoms with Crippen LogP contribution in [-0.4, -0.2) is 94.4 Å². The van der Waals surface area contributed by atoms with Gasteiger partial charge in [-0.05, 0) is 57.8 Å². The number of hydrogen-bond acceptors (Lipinski definition) is 7. The summed E-state index contributed by atoms with van der Waals surface area (Å²) in [5.74, 6) is -3.63. The summed E-state index contributed by atoms with van der Waals surface area (Å²) in [4.78, 5) is 69.3. The van der Waals surface area contributed by atoms with Gasteiger partial charge in [-0.25, -0.2) is 13.2 Å². The highest BCUT2D eigenvalue weighted by Gasteiger charge is 2.74. The summed E-state index contributed by atoms with van der Waals surface area (Å²) in [6.07, 6.45) is 7.83. The van der Waals surface area contributed by atoms with E-state index in [1.54, 1.807) is 41.5 Å². The normalized spacial score (nSPS) is 25.4. The van der Waals surface area contributed by atoms with E-state index < -0.39 is 89.4 Å². The molecule has 4 aliphatic rings. The van der Waals surface area contributed by atoms with Crippen LogP contribution in [0.3, 0.4) is 0 Å². The Kier molecular flexibility index (Phi) is 12.1. The Labute approximate surface area is 306 Å². The molecule has 0 spiro atoms. The van der Waals surface area contributed by atoms with Gasteiger partial charge in [0, 0.05) is 24.9 Å². The molecular formula is C35H55Cl2N5O7S. The Hall–Kier alpha value is -2.38. The molecule has 0 radical (unpaired) electrons. The van der Waals surface area contributed by atoms with Crippen LogP contribution in [0.4, 0.5) is 4.79 Å². The summed E-state index contributed by atoms with van der Waals surface area (Å²) in [5, 5.41) is 11.0. The highest BCUT2D eigenvalue weighted by atomic mass is 35.5. The van der Waals surface area contributed by atoms with Gasteiger partial charge in [0.2, 0.25) is 17.6 Å². The van der Waals surface area contributed by atoms with Crippen molar-refractivity contribution in [3.05, 3.63) is 12.7 Å². The van der Waals surface area contributed by atoms with Gasteiger partial charge in [-0.1, -0.05) is 59.0 Å². The number of halogens is 2. The van der Waals surface area contributed by atoms with Gasteiger partial charge in [-0.2, -0.15) is 0 Å². The number of sulfone groups is 1. The molecule has 1 unspecified atom stereocenters. The summed E-state index contributed by atoms with van der Waals surface area (Å²) in [5.41, 5.74) is -1.82. The molecular weight excluding hydrogens is 705 g/mol. The fraction of sp³-hybridized carbons (Fsp3) is 0.800. The lowest BCUT2D eigenvalue weighted by molar-refractivity contribution is -0.144. The molecule has 1 saturated heterocycles. The number of amides is 5. The summed E-state index contributed by atoms with van der Waals surface area (Å²) >= 11 is 13.2. The van der Waals surface area contributed by atoms with Crippen molar-refractivity contribution in [2.45, 2.75) is 132 Å². The van der Waals surface area contributed by atoms with Gasteiger partial charge in [-0.15, -0.1) is 29.8 Å². The number of nitrogens with one attached hydrogen (secondary N) is 4. The molecule has 15 heteroatoms. The zero-order valence-electron chi connectivity index (χ0n) is 30.2. The maximum absolute atomic E-state index is 14.4. The van der Waals surface area contributed by atoms with Crippen LogP contribution in [0, 0.1) is 23.2 Å². The second-order valence-corrected chi connectivity index (χ2v) is 21.0. The summed E-state index contributed by atoms with van der Waals surface area (Å²) in [7, 11) is -3.59. The first kappa shape index (κ1) is 40.4. The van der Waals surface area contributed by atoms with E-state index in [0.717, 1.165) is 32.1 Å². The number of ketones is 1. The van der Waals surface area contributed by atoms with Crippen LogP contribution in [0.1, 0.15) is 99.3 Å². The Morgan fingerprint density at radius 1 is 0.980 bits per heavy atom. The predicted molar refractivity (Wildman–Crippen MR) is 193 cm³/mol. The zero-order chi connectivity index (χ0) is 37.4. The highest BCUT2D eigenvalue weighted by molar-refractivity contribution is 7.92. The molecule has 3 aliphatic carbocycles. The fourth-order valence-corrected chi connectivity index (χ4v) is 9.56. The third-order valence-corrected chi connectivity index (χ3v) is 14.5. The van der Waals surface area contributed by atoms with Crippen molar-refractivity contribution in [3.63, 3.8) is 0 Å². The van der Waals surface area contributed by atoms with Crippen LogP contribution in [0.25, 0.3) is 0 Å². The van der Waals surface area contributed by atoms with E-state index >= 15 is 0 Å². The molecule has 0 aromatic rings. The first-order valence-electron chi connectivity index (χ1n) is 17.8. The SMILES string of the molecule is C=CCNC(=O)C(=O)C(CCC1CC1)NC(=O)[C@@H]1[C@@H]2[C@H](CN1C(=O)[C@@H](NC(=O)NC1(CS(=O)(=O)C(C)(C)C)CCCCC1)C(C)(C)C)C2(Cl)Cl. The number of urea groups is 1. The molecule has 5 atom stereocenters. The van der Waals surface area contributed by atoms with Crippen LogP contribution < -0.4 is 21.3 Å². The van der Waals surface area contributed by atoms with Crippen LogP contribution >= 0.6 is 23.2 Å². The largest absolute Gasteiger partial charge is 0.346 e. The molecule has 1 aliphatic heterocycles. The Morgan fingerprint density at radius 2 is 1.60 bits per heavy atom. The van der Waals surface area contributed by atoms with E-state index in [0.29, 0.717) is 25.2 Å². The smallest absolute Gasteiger partial charge is 0.315 e. The monoisotopic (exact) mass is 759 g/mol. The summed E-state index contributed by atoms with van der Waals surface area (Å²) < 4.78 is 24.3. The lowest BCUT2D eigenvalue weighted by atomic mass is 9.83. The topological polar surface area (TPSA) is 171 Å². The second kappa shape index (κ2) is 14.9. The molecule has 0 bridgehead atoms. The molecule has 3 saturated carbocycles. The van der Waals surface area contributed by atoms with E-state index in [2.05, 4.69) is 27.8 Å². The molecule has 4 rings (SSSR count). The van der Waals surface area contributed by atoms with E-state index in [-0.39, 0.29) is 25.3 Å². The number of hydrogen-bond donors (Lipinski definition) is 4. The van der Waals surface area contributed by atoms with E-state index in [1.165, 1.54) is 11.0 Å². The number of fused-ring (bicyclic) bond motifs is 1. The lowest BCUT2D eigenvalue weighted by Gasteiger charge is -2.41. The first-order chi connectivity index (χ1) is 23.0. The van der Waals surface area contributed by atoms with Crippen molar-refractivity contribution < 1.29 is 32.4 Å². The van der Waals surface area contributed by atoms with Crippen LogP contribution in [0.15, 0.2) is 12.7 Å². The van der Waals surface area contributed by atoms with Crippen molar-refractivity contribution >= 4 is 62.6 Å². The Morgan fingerprint density at radius 3 is 2.14 bits per heavy atom. The first-order valence-corrected chi connectivity index (χ1v) is 20.2. The average Bonchev–Trinajstić information content (AvgIpc) is 3.87. The predicted octanol–water partition coefficient (Wildman–Crippen LogP) is 3.79. The van der Waals surface area contributed by atoms with Crippen LogP contribution in [0.5, 0.6) is 0 Å². The van der Waals surface area contributed by atoms with Gasteiger partial charge in [0.05, 0.1) is 22.1 Å². The minimum absolute atomic E-state index is 0.0543. The van der Waals surface area contributed by atoms with Crippen molar-refractivity contribution in [1.82, 2.24) is 26.2 Å². The Balaban J connectivity index is 1.55. The maximum atomic E-state index is 14.4. The van der Waals surface area contributed by atoms with E-state index in [1.807, 2.05) is 0 Å². The molecule has 4 fully saturated rings. The lowest BCUT2D eigenvalue weighted by Crippen LogP contribution is -2.64. The van der Waals surface area contributed by atoms with Crippen LogP contribution in [0.2, 0.25) is 0 Å². The molecule has 12 nitrogen and oxygen atoms in total. The number of rotatable bonds is 14. The van der Waals surface area contributed by atoms with E-state index in [9.17, 15) is 32.4 Å². The summed E-state index contributed by atoms with van der Waals surface area (Å²) in [6.45, 7) is 14.0. The van der Waals surface area contributed by atoms with Gasteiger partial charge in [-0.3, -0.25) is 19.2 Å². The molecule has 1 heterocycles. The molecule has 282 valence electrons. The van der Waals surface area contributed by atoms with E-state index in [4.69, 9.17) is 23.2 Å². The van der Waals surface area contributed by atoms with Gasteiger partial charge < -0.3 is 26.2 Å². The number of nitrogens with zero attached hydrogens (tertiary/aromatic N) is 1. The number of alkyl halides is 2. The van der Waals surface area contributed by atoms with Crippen molar-refractivity contribution in [2.75, 3.05) is 18.8 Å². The van der Waals surface area contributed by atoms with Gasteiger partial charge in [0.15, 0.2) is 9.84 Å². The third-order valence-electron chi connectivity index (χ3n) is 10.7. The molecule has 50 heavy (non-hydrogen) atoms. The zero-order valence-corrected chi connectivity index (χ0v) is 32.5.